The van der Waals surface area contributed by atoms with E-state index in [0.29, 0.717) is 0 Å². The number of nitrogens with zero attached hydrogens (tertiary/aromatic N) is 2. The van der Waals surface area contributed by atoms with Gasteiger partial charge in [0.25, 0.3) is 0 Å². The molecule has 1 aromatic heterocycles. The van der Waals surface area contributed by atoms with Crippen molar-refractivity contribution in [1.82, 2.24) is 9.78 Å². The molecule has 1 heterocycles. The van der Waals surface area contributed by atoms with E-state index >= 15 is 0 Å². The summed E-state index contributed by atoms with van der Waals surface area (Å²) in [6.07, 6.45) is 3.67. The lowest BCUT2D eigenvalue weighted by molar-refractivity contribution is 0.872. The van der Waals surface area contributed by atoms with E-state index < -0.39 is 0 Å². The van der Waals surface area contributed by atoms with E-state index in [9.17, 15) is 0 Å². The summed E-state index contributed by atoms with van der Waals surface area (Å²) in [5.74, 6) is 0. The van der Waals surface area contributed by atoms with Crippen LogP contribution >= 0.6 is 27.5 Å². The normalized spacial score (nSPS) is 10.5. The molecule has 0 aliphatic heterocycles. The van der Waals surface area contributed by atoms with Gasteiger partial charge in [0.05, 0.1) is 16.4 Å². The van der Waals surface area contributed by atoms with Crippen LogP contribution in [0.2, 0.25) is 5.02 Å². The number of halogens is 2. The van der Waals surface area contributed by atoms with E-state index in [0.717, 1.165) is 20.7 Å². The fourth-order valence-corrected chi connectivity index (χ4v) is 1.82. The van der Waals surface area contributed by atoms with Gasteiger partial charge in [-0.3, -0.25) is 0 Å². The van der Waals surface area contributed by atoms with E-state index in [1.165, 1.54) is 0 Å². The second-order valence-corrected chi connectivity index (χ2v) is 4.39. The lowest BCUT2D eigenvalue weighted by atomic mass is 10.2. The minimum atomic E-state index is 0.748. The van der Waals surface area contributed by atoms with Crippen molar-refractivity contribution in [3.8, 4) is 5.69 Å². The standard InChI is InChI=1S/C10H8BrClN2/c1-7-4-9(12)2-3-10(7)14-6-8(11)5-13-14/h2-6H,1H3. The summed E-state index contributed by atoms with van der Waals surface area (Å²) in [7, 11) is 0. The zero-order valence-corrected chi connectivity index (χ0v) is 9.88. The first-order valence-electron chi connectivity index (χ1n) is 4.13. The van der Waals surface area contributed by atoms with Gasteiger partial charge in [0.1, 0.15) is 0 Å². The third-order valence-electron chi connectivity index (χ3n) is 1.96. The van der Waals surface area contributed by atoms with E-state index in [2.05, 4.69) is 21.0 Å². The Kier molecular flexibility index (Phi) is 2.61. The minimum absolute atomic E-state index is 0.748. The highest BCUT2D eigenvalue weighted by Crippen LogP contribution is 2.19. The second-order valence-electron chi connectivity index (χ2n) is 3.03. The Morgan fingerprint density at radius 3 is 2.79 bits per heavy atom. The summed E-state index contributed by atoms with van der Waals surface area (Å²) >= 11 is 9.23. The molecule has 0 spiro atoms. The molecule has 72 valence electrons. The average molecular weight is 272 g/mol. The highest BCUT2D eigenvalue weighted by molar-refractivity contribution is 9.10. The van der Waals surface area contributed by atoms with Gasteiger partial charge in [0, 0.05) is 11.2 Å². The van der Waals surface area contributed by atoms with Gasteiger partial charge in [-0.1, -0.05) is 11.6 Å². The molecule has 0 atom stereocenters. The van der Waals surface area contributed by atoms with Crippen LogP contribution in [-0.2, 0) is 0 Å². The van der Waals surface area contributed by atoms with Crippen LogP contribution in [-0.4, -0.2) is 9.78 Å². The maximum absolute atomic E-state index is 5.87. The van der Waals surface area contributed by atoms with Crippen molar-refractivity contribution in [2.45, 2.75) is 6.92 Å². The average Bonchev–Trinajstić information content (AvgIpc) is 2.51. The molecule has 0 aliphatic carbocycles. The molecule has 4 heteroatoms. The van der Waals surface area contributed by atoms with Gasteiger partial charge < -0.3 is 0 Å². The molecule has 0 fully saturated rings. The van der Waals surface area contributed by atoms with Crippen molar-refractivity contribution in [3.05, 3.63) is 45.7 Å². The fraction of sp³-hybridized carbons (Fsp3) is 0.100. The molecular formula is C10H8BrClN2. The van der Waals surface area contributed by atoms with Crippen LogP contribution in [0.15, 0.2) is 35.1 Å². The number of aryl methyl sites for hydroxylation is 1. The van der Waals surface area contributed by atoms with Crippen LogP contribution < -0.4 is 0 Å². The molecule has 0 aliphatic rings. The Morgan fingerprint density at radius 2 is 2.21 bits per heavy atom. The first-order chi connectivity index (χ1) is 6.66. The molecule has 0 radical (unpaired) electrons. The Labute approximate surface area is 95.6 Å². The van der Waals surface area contributed by atoms with Crippen LogP contribution in [0.25, 0.3) is 5.69 Å². The monoisotopic (exact) mass is 270 g/mol. The van der Waals surface area contributed by atoms with Crippen molar-refractivity contribution in [1.29, 1.82) is 0 Å². The highest BCUT2D eigenvalue weighted by Gasteiger charge is 2.02. The number of aromatic nitrogens is 2. The van der Waals surface area contributed by atoms with E-state index in [4.69, 9.17) is 11.6 Å². The summed E-state index contributed by atoms with van der Waals surface area (Å²) in [4.78, 5) is 0. The van der Waals surface area contributed by atoms with Gasteiger partial charge in [-0.15, -0.1) is 0 Å². The smallest absolute Gasteiger partial charge is 0.0676 e. The van der Waals surface area contributed by atoms with Gasteiger partial charge in [-0.25, -0.2) is 4.68 Å². The minimum Gasteiger partial charge on any atom is -0.240 e. The Balaban J connectivity index is 2.52. The topological polar surface area (TPSA) is 17.8 Å². The molecule has 14 heavy (non-hydrogen) atoms. The van der Waals surface area contributed by atoms with Crippen molar-refractivity contribution in [2.24, 2.45) is 0 Å². The third-order valence-corrected chi connectivity index (χ3v) is 2.60. The number of hydrogen-bond acceptors (Lipinski definition) is 1. The molecule has 0 N–H and O–H groups in total. The van der Waals surface area contributed by atoms with Gasteiger partial charge in [-0.2, -0.15) is 5.10 Å². The quantitative estimate of drug-likeness (QED) is 0.775. The summed E-state index contributed by atoms with van der Waals surface area (Å²) in [5, 5.41) is 4.95. The number of benzene rings is 1. The Morgan fingerprint density at radius 1 is 1.43 bits per heavy atom. The molecule has 2 rings (SSSR count). The first-order valence-corrected chi connectivity index (χ1v) is 5.30. The van der Waals surface area contributed by atoms with Crippen molar-refractivity contribution >= 4 is 27.5 Å². The van der Waals surface area contributed by atoms with E-state index in [1.54, 1.807) is 6.20 Å². The highest BCUT2D eigenvalue weighted by atomic mass is 79.9. The van der Waals surface area contributed by atoms with Crippen LogP contribution in [0.4, 0.5) is 0 Å². The van der Waals surface area contributed by atoms with Crippen LogP contribution in [0.5, 0.6) is 0 Å². The zero-order valence-electron chi connectivity index (χ0n) is 7.54. The van der Waals surface area contributed by atoms with E-state index in [-0.39, 0.29) is 0 Å². The third kappa shape index (κ3) is 1.83. The summed E-state index contributed by atoms with van der Waals surface area (Å²) < 4.78 is 2.78. The molecule has 0 unspecified atom stereocenters. The van der Waals surface area contributed by atoms with Crippen molar-refractivity contribution in [3.63, 3.8) is 0 Å². The van der Waals surface area contributed by atoms with Gasteiger partial charge in [-0.05, 0) is 46.6 Å². The van der Waals surface area contributed by atoms with Crippen molar-refractivity contribution < 1.29 is 0 Å². The molecule has 1 aromatic carbocycles. The predicted octanol–water partition coefficient (Wildman–Crippen LogP) is 3.60. The fourth-order valence-electron chi connectivity index (χ4n) is 1.31. The zero-order chi connectivity index (χ0) is 10.1. The SMILES string of the molecule is Cc1cc(Cl)ccc1-n1cc(Br)cn1. The molecule has 2 nitrogen and oxygen atoms in total. The second kappa shape index (κ2) is 3.75. The molecule has 0 amide bonds. The Bertz CT molecular complexity index is 465. The maximum atomic E-state index is 5.87. The lowest BCUT2D eigenvalue weighted by Gasteiger charge is -2.05. The summed E-state index contributed by atoms with van der Waals surface area (Å²) in [6.45, 7) is 2.01. The van der Waals surface area contributed by atoms with Crippen LogP contribution in [0.3, 0.4) is 0 Å². The molecule has 0 saturated heterocycles. The Hall–Kier alpha value is -0.800. The summed E-state index contributed by atoms with van der Waals surface area (Å²) in [5.41, 5.74) is 2.15. The van der Waals surface area contributed by atoms with Gasteiger partial charge in [0.2, 0.25) is 0 Å². The van der Waals surface area contributed by atoms with Gasteiger partial charge in [0.15, 0.2) is 0 Å². The predicted molar refractivity (Wildman–Crippen MR) is 61.0 cm³/mol. The van der Waals surface area contributed by atoms with Crippen molar-refractivity contribution in [2.75, 3.05) is 0 Å². The van der Waals surface area contributed by atoms with Crippen LogP contribution in [0, 0.1) is 6.92 Å². The first kappa shape index (κ1) is 9.74. The molecular weight excluding hydrogens is 263 g/mol. The molecule has 0 bridgehead atoms. The van der Waals surface area contributed by atoms with Crippen LogP contribution in [0.1, 0.15) is 5.56 Å². The summed E-state index contributed by atoms with van der Waals surface area (Å²) in [6, 6.07) is 5.74. The lowest BCUT2D eigenvalue weighted by Crippen LogP contribution is -1.96. The maximum Gasteiger partial charge on any atom is 0.0676 e. The number of rotatable bonds is 1. The largest absolute Gasteiger partial charge is 0.240 e. The molecule has 2 aromatic rings. The van der Waals surface area contributed by atoms with E-state index in [1.807, 2.05) is 36.0 Å². The molecule has 0 saturated carbocycles. The number of hydrogen-bond donors (Lipinski definition) is 0. The van der Waals surface area contributed by atoms with Gasteiger partial charge >= 0.3 is 0 Å².